The van der Waals surface area contributed by atoms with Crippen molar-refractivity contribution in [3.05, 3.63) is 36.9 Å². The molecule has 13 heteroatoms. The van der Waals surface area contributed by atoms with E-state index in [-0.39, 0.29) is 11.3 Å². The fraction of sp³-hybridized carbons (Fsp3) is 0.435. The summed E-state index contributed by atoms with van der Waals surface area (Å²) in [7, 11) is -3.46. The van der Waals surface area contributed by atoms with Crippen LogP contribution in [0.2, 0.25) is 0 Å². The van der Waals surface area contributed by atoms with Crippen molar-refractivity contribution >= 4 is 38.4 Å². The van der Waals surface area contributed by atoms with E-state index in [1.165, 1.54) is 12.4 Å². The SMILES string of the molecule is CC(C)n1nc(NCC(C)(C)O)c2cnc(Nc3ccnc(-c4cnn(S(=O)(=O)C5CC5)c4)n3)cc21. The first-order valence-electron chi connectivity index (χ1n) is 11.8. The van der Waals surface area contributed by atoms with E-state index < -0.39 is 15.6 Å². The number of fused-ring (bicyclic) bond motifs is 1. The minimum absolute atomic E-state index is 0.106. The summed E-state index contributed by atoms with van der Waals surface area (Å²) >= 11 is 0. The van der Waals surface area contributed by atoms with Gasteiger partial charge in [0.1, 0.15) is 11.6 Å². The molecule has 1 fully saturated rings. The third kappa shape index (κ3) is 4.88. The quantitative estimate of drug-likeness (QED) is 0.306. The second-order valence-electron chi connectivity index (χ2n) is 9.88. The molecule has 3 N–H and O–H groups in total. The predicted molar refractivity (Wildman–Crippen MR) is 137 cm³/mol. The van der Waals surface area contributed by atoms with Crippen molar-refractivity contribution in [2.24, 2.45) is 0 Å². The highest BCUT2D eigenvalue weighted by Crippen LogP contribution is 2.31. The van der Waals surface area contributed by atoms with Crippen molar-refractivity contribution in [1.82, 2.24) is 33.9 Å². The summed E-state index contributed by atoms with van der Waals surface area (Å²) in [6.45, 7) is 7.89. The van der Waals surface area contributed by atoms with Crippen LogP contribution in [0, 0.1) is 0 Å². The van der Waals surface area contributed by atoms with Gasteiger partial charge in [-0.1, -0.05) is 0 Å². The summed E-state index contributed by atoms with van der Waals surface area (Å²) in [5.74, 6) is 2.07. The fourth-order valence-corrected chi connectivity index (χ4v) is 5.18. The Hall–Kier alpha value is -3.58. The van der Waals surface area contributed by atoms with Gasteiger partial charge in [0.25, 0.3) is 10.0 Å². The lowest BCUT2D eigenvalue weighted by Crippen LogP contribution is -2.29. The Kier molecular flexibility index (Phi) is 5.91. The molecule has 4 aromatic rings. The summed E-state index contributed by atoms with van der Waals surface area (Å²) in [5.41, 5.74) is 0.500. The molecule has 0 aromatic carbocycles. The van der Waals surface area contributed by atoms with Crippen LogP contribution in [0.4, 0.5) is 17.5 Å². The number of aromatic nitrogens is 7. The van der Waals surface area contributed by atoms with Crippen LogP contribution in [-0.4, -0.2) is 64.8 Å². The molecule has 5 rings (SSSR count). The van der Waals surface area contributed by atoms with Crippen molar-refractivity contribution in [2.75, 3.05) is 17.2 Å². The van der Waals surface area contributed by atoms with E-state index in [4.69, 9.17) is 0 Å². The van der Waals surface area contributed by atoms with Gasteiger partial charge in [-0.05, 0) is 46.6 Å². The van der Waals surface area contributed by atoms with Crippen LogP contribution >= 0.6 is 0 Å². The number of pyridine rings is 1. The zero-order valence-corrected chi connectivity index (χ0v) is 21.4. The minimum Gasteiger partial charge on any atom is -0.389 e. The standard InChI is InChI=1S/C23H29N9O3S/c1-14(2)32-18-9-20(25-11-17(18)22(30-32)26-13-23(3,4)33)28-19-7-8-24-21(29-19)15-10-27-31(12-15)36(34,35)16-5-6-16/h7-12,14,16,33H,5-6,13H2,1-4H3,(H,26,30)(H,24,25,28,29). The van der Waals surface area contributed by atoms with E-state index in [0.717, 1.165) is 15.0 Å². The van der Waals surface area contributed by atoms with Gasteiger partial charge in [-0.3, -0.25) is 4.68 Å². The highest BCUT2D eigenvalue weighted by molar-refractivity contribution is 7.90. The van der Waals surface area contributed by atoms with Crippen LogP contribution in [0.15, 0.2) is 36.9 Å². The molecule has 0 unspecified atom stereocenters. The highest BCUT2D eigenvalue weighted by atomic mass is 32.2. The number of hydrogen-bond donors (Lipinski definition) is 3. The molecule has 0 spiro atoms. The zero-order valence-electron chi connectivity index (χ0n) is 20.5. The summed E-state index contributed by atoms with van der Waals surface area (Å²) in [6, 6.07) is 3.70. The average Bonchev–Trinajstić information content (AvgIpc) is 3.44. The van der Waals surface area contributed by atoms with Crippen LogP contribution in [0.1, 0.15) is 46.6 Å². The maximum Gasteiger partial charge on any atom is 0.256 e. The van der Waals surface area contributed by atoms with Gasteiger partial charge >= 0.3 is 0 Å². The van der Waals surface area contributed by atoms with E-state index in [2.05, 4.69) is 35.8 Å². The molecule has 0 radical (unpaired) electrons. The number of nitrogens with zero attached hydrogens (tertiary/aromatic N) is 7. The Balaban J connectivity index is 1.41. The normalized spacial score (nSPS) is 14.5. The maximum atomic E-state index is 12.4. The van der Waals surface area contributed by atoms with Crippen LogP contribution in [0.5, 0.6) is 0 Å². The predicted octanol–water partition coefficient (Wildman–Crippen LogP) is 2.93. The van der Waals surface area contributed by atoms with Gasteiger partial charge in [0.05, 0.1) is 39.7 Å². The molecule has 1 saturated carbocycles. The molecule has 0 aliphatic heterocycles. The lowest BCUT2D eigenvalue weighted by Gasteiger charge is -2.17. The van der Waals surface area contributed by atoms with Crippen LogP contribution in [0.3, 0.4) is 0 Å². The molecule has 4 aromatic heterocycles. The molecule has 0 atom stereocenters. The van der Waals surface area contributed by atoms with E-state index in [0.29, 0.717) is 48.2 Å². The Morgan fingerprint density at radius 2 is 1.97 bits per heavy atom. The second kappa shape index (κ2) is 8.82. The molecule has 0 saturated heterocycles. The van der Waals surface area contributed by atoms with Crippen LogP contribution in [0.25, 0.3) is 22.3 Å². The molecule has 1 aliphatic rings. The van der Waals surface area contributed by atoms with Crippen molar-refractivity contribution in [1.29, 1.82) is 0 Å². The molecular weight excluding hydrogens is 482 g/mol. The highest BCUT2D eigenvalue weighted by Gasteiger charge is 2.37. The van der Waals surface area contributed by atoms with E-state index in [9.17, 15) is 13.5 Å². The first-order chi connectivity index (χ1) is 17.0. The van der Waals surface area contributed by atoms with Gasteiger partial charge in [-0.2, -0.15) is 14.3 Å². The Labute approximate surface area is 208 Å². The van der Waals surface area contributed by atoms with Gasteiger partial charge in [-0.25, -0.2) is 23.4 Å². The van der Waals surface area contributed by atoms with E-state index in [1.807, 2.05) is 24.6 Å². The van der Waals surface area contributed by atoms with E-state index >= 15 is 0 Å². The maximum absolute atomic E-state index is 12.4. The summed E-state index contributed by atoms with van der Waals surface area (Å²) in [4.78, 5) is 13.3. The molecular formula is C23H29N9O3S. The fourth-order valence-electron chi connectivity index (χ4n) is 3.70. The van der Waals surface area contributed by atoms with Crippen molar-refractivity contribution in [3.63, 3.8) is 0 Å². The van der Waals surface area contributed by atoms with Crippen molar-refractivity contribution < 1.29 is 13.5 Å². The smallest absolute Gasteiger partial charge is 0.256 e. The van der Waals surface area contributed by atoms with Gasteiger partial charge in [0.2, 0.25) is 0 Å². The third-order valence-corrected chi connectivity index (χ3v) is 7.74. The lowest BCUT2D eigenvalue weighted by molar-refractivity contribution is 0.0944. The number of nitrogens with one attached hydrogen (secondary N) is 2. The summed E-state index contributed by atoms with van der Waals surface area (Å²) in [5, 5.41) is 25.7. The first-order valence-corrected chi connectivity index (χ1v) is 13.3. The number of aliphatic hydroxyl groups is 1. The Bertz CT molecular complexity index is 1520. The minimum atomic E-state index is -3.46. The second-order valence-corrected chi connectivity index (χ2v) is 11.9. The topological polar surface area (TPSA) is 153 Å². The van der Waals surface area contributed by atoms with Gasteiger partial charge in [-0.15, -0.1) is 0 Å². The van der Waals surface area contributed by atoms with Crippen LogP contribution < -0.4 is 10.6 Å². The summed E-state index contributed by atoms with van der Waals surface area (Å²) < 4.78 is 27.8. The van der Waals surface area contributed by atoms with E-state index in [1.54, 1.807) is 32.3 Å². The lowest BCUT2D eigenvalue weighted by atomic mass is 10.1. The van der Waals surface area contributed by atoms with Crippen molar-refractivity contribution in [2.45, 2.75) is 57.4 Å². The summed E-state index contributed by atoms with van der Waals surface area (Å²) in [6.07, 6.45) is 7.54. The van der Waals surface area contributed by atoms with Gasteiger partial charge in [0, 0.05) is 31.0 Å². The molecule has 36 heavy (non-hydrogen) atoms. The molecule has 190 valence electrons. The number of rotatable bonds is 9. The number of anilines is 3. The first kappa shape index (κ1) is 24.1. The van der Waals surface area contributed by atoms with Gasteiger partial charge in [0.15, 0.2) is 11.6 Å². The van der Waals surface area contributed by atoms with Crippen molar-refractivity contribution in [3.8, 4) is 11.4 Å². The monoisotopic (exact) mass is 511 g/mol. The zero-order chi connectivity index (χ0) is 25.7. The third-order valence-electron chi connectivity index (χ3n) is 5.71. The molecule has 1 aliphatic carbocycles. The largest absolute Gasteiger partial charge is 0.389 e. The molecule has 12 nitrogen and oxygen atoms in total. The Morgan fingerprint density at radius 1 is 1.19 bits per heavy atom. The number of hydrogen-bond acceptors (Lipinski definition) is 10. The molecule has 0 bridgehead atoms. The average molecular weight is 512 g/mol. The molecule has 0 amide bonds. The van der Waals surface area contributed by atoms with Gasteiger partial charge < -0.3 is 15.7 Å². The van der Waals surface area contributed by atoms with Crippen LogP contribution in [-0.2, 0) is 10.0 Å². The Morgan fingerprint density at radius 3 is 2.67 bits per heavy atom. The molecule has 4 heterocycles.